The highest BCUT2D eigenvalue weighted by atomic mass is 79.9. The lowest BCUT2D eigenvalue weighted by molar-refractivity contribution is -0.192. The van der Waals surface area contributed by atoms with Gasteiger partial charge < -0.3 is 10.8 Å². The second kappa shape index (κ2) is 5.20. The lowest BCUT2D eigenvalue weighted by Gasteiger charge is -1.93. The zero-order valence-electron chi connectivity index (χ0n) is 6.51. The molecular formula is C6H5BrF3NO2S. The highest BCUT2D eigenvalue weighted by Gasteiger charge is 2.38. The summed E-state index contributed by atoms with van der Waals surface area (Å²) in [5, 5.41) is 11.0. The Hall–Kier alpha value is -0.760. The van der Waals surface area contributed by atoms with Gasteiger partial charge in [0.2, 0.25) is 0 Å². The number of rotatable bonds is 0. The molecule has 0 aromatic carbocycles. The number of hydrogen-bond acceptors (Lipinski definition) is 3. The van der Waals surface area contributed by atoms with E-state index < -0.39 is 12.1 Å². The van der Waals surface area contributed by atoms with Crippen molar-refractivity contribution in [3.05, 3.63) is 15.2 Å². The Morgan fingerprint density at radius 2 is 1.93 bits per heavy atom. The Labute approximate surface area is 89.5 Å². The van der Waals surface area contributed by atoms with Crippen LogP contribution in [0.5, 0.6) is 0 Å². The van der Waals surface area contributed by atoms with Gasteiger partial charge in [-0.25, -0.2) is 4.79 Å². The summed E-state index contributed by atoms with van der Waals surface area (Å²) < 4.78 is 32.7. The maximum absolute atomic E-state index is 10.6. The molecule has 3 nitrogen and oxygen atoms in total. The van der Waals surface area contributed by atoms with Gasteiger partial charge in [-0.1, -0.05) is 0 Å². The molecule has 1 aromatic rings. The molecule has 0 atom stereocenters. The van der Waals surface area contributed by atoms with Gasteiger partial charge >= 0.3 is 12.1 Å². The molecule has 1 heterocycles. The molecule has 0 saturated carbocycles. The van der Waals surface area contributed by atoms with E-state index in [4.69, 9.17) is 15.6 Å². The van der Waals surface area contributed by atoms with Crippen LogP contribution in [0.25, 0.3) is 0 Å². The summed E-state index contributed by atoms with van der Waals surface area (Å²) in [5.41, 5.74) is 6.23. The highest BCUT2D eigenvalue weighted by Crippen LogP contribution is 2.22. The lowest BCUT2D eigenvalue weighted by atomic mass is 10.6. The number of nitrogen functional groups attached to an aromatic ring is 1. The van der Waals surface area contributed by atoms with Gasteiger partial charge in [-0.05, 0) is 15.9 Å². The van der Waals surface area contributed by atoms with Crippen molar-refractivity contribution in [2.75, 3.05) is 5.73 Å². The normalized spacial score (nSPS) is 10.3. The van der Waals surface area contributed by atoms with Crippen molar-refractivity contribution < 1.29 is 23.1 Å². The largest absolute Gasteiger partial charge is 0.490 e. The Kier molecular flexibility index (Phi) is 4.92. The average molecular weight is 292 g/mol. The third-order valence-corrected chi connectivity index (χ3v) is 2.64. The number of anilines is 1. The summed E-state index contributed by atoms with van der Waals surface area (Å²) in [7, 11) is 0. The van der Waals surface area contributed by atoms with Crippen LogP contribution in [0.4, 0.5) is 18.9 Å². The van der Waals surface area contributed by atoms with E-state index in [1.165, 1.54) is 0 Å². The number of aliphatic carboxylic acids is 1. The fourth-order valence-corrected chi connectivity index (χ4v) is 1.48. The van der Waals surface area contributed by atoms with E-state index in [9.17, 15) is 13.2 Å². The summed E-state index contributed by atoms with van der Waals surface area (Å²) in [5.74, 6) is -2.76. The van der Waals surface area contributed by atoms with Crippen molar-refractivity contribution in [3.63, 3.8) is 0 Å². The fourth-order valence-electron chi connectivity index (χ4n) is 0.291. The predicted molar refractivity (Wildman–Crippen MR) is 50.1 cm³/mol. The lowest BCUT2D eigenvalue weighted by Crippen LogP contribution is -2.21. The summed E-state index contributed by atoms with van der Waals surface area (Å²) >= 11 is 4.84. The van der Waals surface area contributed by atoms with E-state index in [0.29, 0.717) is 0 Å². The van der Waals surface area contributed by atoms with Crippen LogP contribution in [-0.2, 0) is 4.79 Å². The van der Waals surface area contributed by atoms with E-state index >= 15 is 0 Å². The smallest absolute Gasteiger partial charge is 0.475 e. The third kappa shape index (κ3) is 5.07. The standard InChI is InChI=1S/C4H4BrNS.C2HF3O2/c5-3-1-7-2-4(3)6;3-2(4,5)1(6)7/h1-2H,6H2;(H,6,7). The van der Waals surface area contributed by atoms with Crippen molar-refractivity contribution >= 4 is 38.9 Å². The summed E-state index contributed by atoms with van der Waals surface area (Å²) in [6, 6.07) is 0. The molecule has 1 aromatic heterocycles. The molecule has 0 aliphatic heterocycles. The zero-order chi connectivity index (χ0) is 11.4. The predicted octanol–water partition coefficient (Wildman–Crippen LogP) is 2.73. The van der Waals surface area contributed by atoms with Gasteiger partial charge in [-0.3, -0.25) is 0 Å². The van der Waals surface area contributed by atoms with Crippen LogP contribution in [0.15, 0.2) is 15.2 Å². The van der Waals surface area contributed by atoms with Gasteiger partial charge in [0, 0.05) is 10.8 Å². The molecule has 0 spiro atoms. The topological polar surface area (TPSA) is 63.3 Å². The number of thiophene rings is 1. The highest BCUT2D eigenvalue weighted by molar-refractivity contribution is 9.10. The number of carboxylic acid groups (broad SMARTS) is 1. The molecule has 0 aliphatic carbocycles. The minimum atomic E-state index is -5.08. The number of hydrogen-bond donors (Lipinski definition) is 2. The molecule has 0 fully saturated rings. The molecule has 0 radical (unpaired) electrons. The summed E-state index contributed by atoms with van der Waals surface area (Å²) in [4.78, 5) is 8.90. The minimum Gasteiger partial charge on any atom is -0.475 e. The summed E-state index contributed by atoms with van der Waals surface area (Å²) in [6.45, 7) is 0. The number of carbonyl (C=O) groups is 1. The molecule has 1 rings (SSSR count). The average Bonchev–Trinajstić information content (AvgIpc) is 2.35. The van der Waals surface area contributed by atoms with Gasteiger partial charge in [-0.15, -0.1) is 11.3 Å². The van der Waals surface area contributed by atoms with E-state index in [2.05, 4.69) is 15.9 Å². The zero-order valence-corrected chi connectivity index (χ0v) is 8.91. The fraction of sp³-hybridized carbons (Fsp3) is 0.167. The quantitative estimate of drug-likeness (QED) is 0.772. The minimum absolute atomic E-state index is 0.824. The van der Waals surface area contributed by atoms with Gasteiger partial charge in [0.15, 0.2) is 0 Å². The molecule has 0 amide bonds. The number of carboxylic acids is 1. The van der Waals surface area contributed by atoms with Gasteiger partial charge in [-0.2, -0.15) is 13.2 Å². The van der Waals surface area contributed by atoms with Crippen LogP contribution in [0.2, 0.25) is 0 Å². The molecule has 0 bridgehead atoms. The van der Waals surface area contributed by atoms with Crippen LogP contribution in [0, 0.1) is 0 Å². The van der Waals surface area contributed by atoms with Crippen LogP contribution in [0.3, 0.4) is 0 Å². The van der Waals surface area contributed by atoms with Crippen LogP contribution >= 0.6 is 27.3 Å². The number of alkyl halides is 3. The monoisotopic (exact) mass is 291 g/mol. The SMILES string of the molecule is Nc1cscc1Br.O=C(O)C(F)(F)F. The molecule has 0 saturated heterocycles. The van der Waals surface area contributed by atoms with Gasteiger partial charge in [0.05, 0.1) is 10.2 Å². The van der Waals surface area contributed by atoms with Crippen molar-refractivity contribution in [1.82, 2.24) is 0 Å². The first-order chi connectivity index (χ1) is 6.25. The molecule has 0 unspecified atom stereocenters. The first kappa shape index (κ1) is 13.2. The van der Waals surface area contributed by atoms with E-state index in [0.717, 1.165) is 10.2 Å². The van der Waals surface area contributed by atoms with Crippen LogP contribution in [-0.4, -0.2) is 17.3 Å². The Balaban J connectivity index is 0.000000241. The van der Waals surface area contributed by atoms with Crippen molar-refractivity contribution in [1.29, 1.82) is 0 Å². The van der Waals surface area contributed by atoms with E-state index in [1.807, 2.05) is 10.8 Å². The van der Waals surface area contributed by atoms with E-state index in [1.54, 1.807) is 11.3 Å². The Bertz CT molecular complexity index is 296. The van der Waals surface area contributed by atoms with Crippen molar-refractivity contribution in [2.24, 2.45) is 0 Å². The first-order valence-corrected chi connectivity index (χ1v) is 4.76. The van der Waals surface area contributed by atoms with Crippen molar-refractivity contribution in [3.8, 4) is 0 Å². The molecule has 8 heteroatoms. The van der Waals surface area contributed by atoms with Crippen LogP contribution < -0.4 is 5.73 Å². The molecule has 3 N–H and O–H groups in total. The van der Waals surface area contributed by atoms with Crippen LogP contribution in [0.1, 0.15) is 0 Å². The maximum Gasteiger partial charge on any atom is 0.490 e. The number of nitrogens with two attached hydrogens (primary N) is 1. The molecule has 14 heavy (non-hydrogen) atoms. The third-order valence-electron chi connectivity index (χ3n) is 0.885. The van der Waals surface area contributed by atoms with Gasteiger partial charge in [0.25, 0.3) is 0 Å². The van der Waals surface area contributed by atoms with Gasteiger partial charge in [0.1, 0.15) is 0 Å². The van der Waals surface area contributed by atoms with E-state index in [-0.39, 0.29) is 0 Å². The van der Waals surface area contributed by atoms with Crippen molar-refractivity contribution in [2.45, 2.75) is 6.18 Å². The number of halogens is 4. The Morgan fingerprint density at radius 1 is 1.50 bits per heavy atom. The molecule has 80 valence electrons. The second-order valence-electron chi connectivity index (χ2n) is 1.98. The summed E-state index contributed by atoms with van der Waals surface area (Å²) in [6.07, 6.45) is -5.08. The molecular weight excluding hydrogens is 287 g/mol. The second-order valence-corrected chi connectivity index (χ2v) is 3.58. The first-order valence-electron chi connectivity index (χ1n) is 3.02. The Morgan fingerprint density at radius 3 is 2.00 bits per heavy atom. The molecule has 0 aliphatic rings. The maximum atomic E-state index is 10.6.